The number of carbonyl (C=O) groups excluding carboxylic acids is 2. The molecule has 2 aromatic rings. The molecule has 0 atom stereocenters. The standard InChI is InChI=1S/C19H22N2O3/c1-13-4-5-14(2)17(10-13)24-12-18(22)21-11-15-6-8-16(9-7-15)19(23)20-3/h4-10H,11-12H2,1-3H3,(H,20,23)(H,21,22). The molecular weight excluding hydrogens is 304 g/mol. The first-order chi connectivity index (χ1) is 11.5. The Balaban J connectivity index is 1.82. The van der Waals surface area contributed by atoms with Gasteiger partial charge in [0.1, 0.15) is 5.75 Å². The molecule has 0 radical (unpaired) electrons. The van der Waals surface area contributed by atoms with Crippen LogP contribution in [0, 0.1) is 13.8 Å². The fourth-order valence-corrected chi connectivity index (χ4v) is 2.18. The van der Waals surface area contributed by atoms with Gasteiger partial charge in [-0.05, 0) is 48.7 Å². The largest absolute Gasteiger partial charge is 0.483 e. The van der Waals surface area contributed by atoms with Crippen LogP contribution in [0.4, 0.5) is 0 Å². The highest BCUT2D eigenvalue weighted by Gasteiger charge is 2.06. The molecule has 0 aliphatic heterocycles. The first-order valence-electron chi connectivity index (χ1n) is 7.77. The van der Waals surface area contributed by atoms with Crippen molar-refractivity contribution in [2.75, 3.05) is 13.7 Å². The summed E-state index contributed by atoms with van der Waals surface area (Å²) in [4.78, 5) is 23.4. The summed E-state index contributed by atoms with van der Waals surface area (Å²) in [5.41, 5.74) is 3.60. The van der Waals surface area contributed by atoms with Crippen LogP contribution in [-0.4, -0.2) is 25.5 Å². The number of nitrogens with one attached hydrogen (secondary N) is 2. The lowest BCUT2D eigenvalue weighted by Crippen LogP contribution is -2.28. The quantitative estimate of drug-likeness (QED) is 0.856. The molecule has 0 bridgehead atoms. The summed E-state index contributed by atoms with van der Waals surface area (Å²) in [7, 11) is 1.59. The molecule has 2 aromatic carbocycles. The molecule has 0 saturated heterocycles. The molecule has 5 nitrogen and oxygen atoms in total. The van der Waals surface area contributed by atoms with Crippen LogP contribution in [0.5, 0.6) is 5.75 Å². The van der Waals surface area contributed by atoms with Crippen LogP contribution >= 0.6 is 0 Å². The molecule has 5 heteroatoms. The second kappa shape index (κ2) is 8.15. The molecule has 0 unspecified atom stereocenters. The van der Waals surface area contributed by atoms with E-state index in [-0.39, 0.29) is 18.4 Å². The lowest BCUT2D eigenvalue weighted by atomic mass is 10.1. The average molecular weight is 326 g/mol. The number of ether oxygens (including phenoxy) is 1. The third kappa shape index (κ3) is 4.84. The van der Waals surface area contributed by atoms with Crippen molar-refractivity contribution in [2.24, 2.45) is 0 Å². The second-order valence-corrected chi connectivity index (χ2v) is 5.61. The van der Waals surface area contributed by atoms with E-state index in [1.54, 1.807) is 19.2 Å². The summed E-state index contributed by atoms with van der Waals surface area (Å²) in [5.74, 6) is 0.402. The van der Waals surface area contributed by atoms with Gasteiger partial charge in [-0.15, -0.1) is 0 Å². The van der Waals surface area contributed by atoms with Gasteiger partial charge >= 0.3 is 0 Å². The summed E-state index contributed by atoms with van der Waals surface area (Å²) in [5, 5.41) is 5.37. The normalized spacial score (nSPS) is 10.1. The maximum absolute atomic E-state index is 11.9. The Hall–Kier alpha value is -2.82. The topological polar surface area (TPSA) is 67.4 Å². The number of aryl methyl sites for hydroxylation is 2. The molecule has 2 N–H and O–H groups in total. The van der Waals surface area contributed by atoms with Gasteiger partial charge in [0.25, 0.3) is 11.8 Å². The maximum atomic E-state index is 11.9. The molecule has 2 amide bonds. The Bertz CT molecular complexity index is 724. The van der Waals surface area contributed by atoms with E-state index in [1.807, 2.05) is 44.2 Å². The third-order valence-electron chi connectivity index (χ3n) is 3.64. The number of amides is 2. The van der Waals surface area contributed by atoms with Gasteiger partial charge in [0.05, 0.1) is 0 Å². The summed E-state index contributed by atoms with van der Waals surface area (Å²) < 4.78 is 5.57. The van der Waals surface area contributed by atoms with E-state index in [1.165, 1.54) is 0 Å². The smallest absolute Gasteiger partial charge is 0.258 e. The van der Waals surface area contributed by atoms with Crippen molar-refractivity contribution < 1.29 is 14.3 Å². The minimum absolute atomic E-state index is 0.0272. The van der Waals surface area contributed by atoms with Gasteiger partial charge in [0, 0.05) is 19.2 Å². The maximum Gasteiger partial charge on any atom is 0.258 e. The van der Waals surface area contributed by atoms with Crippen molar-refractivity contribution in [1.29, 1.82) is 0 Å². The average Bonchev–Trinajstić information content (AvgIpc) is 2.60. The van der Waals surface area contributed by atoms with Gasteiger partial charge in [0.15, 0.2) is 6.61 Å². The lowest BCUT2D eigenvalue weighted by molar-refractivity contribution is -0.123. The molecule has 0 saturated carbocycles. The zero-order valence-corrected chi connectivity index (χ0v) is 14.2. The number of rotatable bonds is 6. The molecule has 2 rings (SSSR count). The second-order valence-electron chi connectivity index (χ2n) is 5.61. The number of benzene rings is 2. The zero-order chi connectivity index (χ0) is 17.5. The number of carbonyl (C=O) groups is 2. The highest BCUT2D eigenvalue weighted by Crippen LogP contribution is 2.18. The van der Waals surface area contributed by atoms with Crippen LogP contribution < -0.4 is 15.4 Å². The van der Waals surface area contributed by atoms with E-state index >= 15 is 0 Å². The third-order valence-corrected chi connectivity index (χ3v) is 3.64. The monoisotopic (exact) mass is 326 g/mol. The van der Waals surface area contributed by atoms with Crippen molar-refractivity contribution in [2.45, 2.75) is 20.4 Å². The molecular formula is C19H22N2O3. The van der Waals surface area contributed by atoms with Crippen LogP contribution in [-0.2, 0) is 11.3 Å². The van der Waals surface area contributed by atoms with Crippen molar-refractivity contribution in [3.05, 3.63) is 64.7 Å². The van der Waals surface area contributed by atoms with Crippen LogP contribution in [0.3, 0.4) is 0 Å². The predicted octanol–water partition coefficient (Wildman–Crippen LogP) is 2.36. The molecule has 24 heavy (non-hydrogen) atoms. The van der Waals surface area contributed by atoms with Crippen molar-refractivity contribution >= 4 is 11.8 Å². The van der Waals surface area contributed by atoms with E-state index < -0.39 is 0 Å². The van der Waals surface area contributed by atoms with E-state index in [9.17, 15) is 9.59 Å². The number of hydrogen-bond acceptors (Lipinski definition) is 3. The highest BCUT2D eigenvalue weighted by atomic mass is 16.5. The van der Waals surface area contributed by atoms with Crippen LogP contribution in [0.2, 0.25) is 0 Å². The Labute approximate surface area is 142 Å². The zero-order valence-electron chi connectivity index (χ0n) is 14.2. The van der Waals surface area contributed by atoms with Crippen molar-refractivity contribution in [3.8, 4) is 5.75 Å². The van der Waals surface area contributed by atoms with Crippen molar-refractivity contribution in [1.82, 2.24) is 10.6 Å². The Morgan fingerprint density at radius 3 is 2.42 bits per heavy atom. The molecule has 0 aliphatic carbocycles. The van der Waals surface area contributed by atoms with Crippen LogP contribution in [0.1, 0.15) is 27.0 Å². The van der Waals surface area contributed by atoms with E-state index in [0.717, 1.165) is 22.4 Å². The summed E-state index contributed by atoms with van der Waals surface area (Å²) in [6, 6.07) is 13.0. The highest BCUT2D eigenvalue weighted by molar-refractivity contribution is 5.93. The Morgan fingerprint density at radius 2 is 1.75 bits per heavy atom. The number of hydrogen-bond donors (Lipinski definition) is 2. The van der Waals surface area contributed by atoms with E-state index in [0.29, 0.717) is 12.1 Å². The van der Waals surface area contributed by atoms with E-state index in [4.69, 9.17) is 4.74 Å². The predicted molar refractivity (Wildman–Crippen MR) is 93.1 cm³/mol. The Morgan fingerprint density at radius 1 is 1.04 bits per heavy atom. The molecule has 0 aliphatic rings. The molecule has 0 spiro atoms. The van der Waals surface area contributed by atoms with Crippen LogP contribution in [0.25, 0.3) is 0 Å². The summed E-state index contributed by atoms with van der Waals surface area (Å²) >= 11 is 0. The minimum atomic E-state index is -0.189. The Kier molecular flexibility index (Phi) is 5.95. The van der Waals surface area contributed by atoms with Gasteiger partial charge in [-0.25, -0.2) is 0 Å². The van der Waals surface area contributed by atoms with E-state index in [2.05, 4.69) is 10.6 Å². The fourth-order valence-electron chi connectivity index (χ4n) is 2.18. The molecule has 0 fully saturated rings. The van der Waals surface area contributed by atoms with Crippen LogP contribution in [0.15, 0.2) is 42.5 Å². The van der Waals surface area contributed by atoms with Crippen molar-refractivity contribution in [3.63, 3.8) is 0 Å². The van der Waals surface area contributed by atoms with Gasteiger partial charge < -0.3 is 15.4 Å². The van der Waals surface area contributed by atoms with Gasteiger partial charge in [-0.2, -0.15) is 0 Å². The fraction of sp³-hybridized carbons (Fsp3) is 0.263. The van der Waals surface area contributed by atoms with Gasteiger partial charge in [-0.3, -0.25) is 9.59 Å². The molecule has 126 valence electrons. The molecule has 0 aromatic heterocycles. The van der Waals surface area contributed by atoms with Gasteiger partial charge in [-0.1, -0.05) is 24.3 Å². The van der Waals surface area contributed by atoms with Gasteiger partial charge in [0.2, 0.25) is 0 Å². The SMILES string of the molecule is CNC(=O)c1ccc(CNC(=O)COc2cc(C)ccc2C)cc1. The first-order valence-corrected chi connectivity index (χ1v) is 7.77. The summed E-state index contributed by atoms with van der Waals surface area (Å²) in [6.07, 6.45) is 0. The lowest BCUT2D eigenvalue weighted by Gasteiger charge is -2.10. The minimum Gasteiger partial charge on any atom is -0.483 e. The molecule has 0 heterocycles. The first kappa shape index (κ1) is 17.5. The summed E-state index contributed by atoms with van der Waals surface area (Å²) in [6.45, 7) is 4.29.